The van der Waals surface area contributed by atoms with Crippen molar-refractivity contribution in [3.05, 3.63) is 48.3 Å². The van der Waals surface area contributed by atoms with Gasteiger partial charge in [-0.05, 0) is 42.2 Å². The molecule has 1 heterocycles. The highest BCUT2D eigenvalue weighted by Gasteiger charge is 2.29. The fourth-order valence-electron chi connectivity index (χ4n) is 2.76. The molecule has 3 aromatic rings. The van der Waals surface area contributed by atoms with Crippen LogP contribution in [0, 0.1) is 5.82 Å². The van der Waals surface area contributed by atoms with Crippen LogP contribution < -0.4 is 19.1 Å². The third-order valence-electron chi connectivity index (χ3n) is 4.27. The zero-order valence-corrected chi connectivity index (χ0v) is 20.4. The Hall–Kier alpha value is -2.90. The molecule has 0 unspecified atom stereocenters. The number of carbonyl (C=O) groups is 1. The number of benzene rings is 2. The van der Waals surface area contributed by atoms with Gasteiger partial charge in [-0.2, -0.15) is 0 Å². The number of methoxy groups -OCH3 is 2. The van der Waals surface area contributed by atoms with Crippen LogP contribution in [0.4, 0.5) is 15.2 Å². The molecule has 13 heteroatoms. The molecule has 33 heavy (non-hydrogen) atoms. The van der Waals surface area contributed by atoms with Crippen LogP contribution in [-0.4, -0.2) is 51.0 Å². The Morgan fingerprint density at radius 2 is 1.82 bits per heavy atom. The molecule has 2 aromatic carbocycles. The number of rotatable bonds is 10. The van der Waals surface area contributed by atoms with E-state index in [9.17, 15) is 17.6 Å². The summed E-state index contributed by atoms with van der Waals surface area (Å²) in [6, 6.07) is 8.87. The van der Waals surface area contributed by atoms with Crippen LogP contribution >= 0.6 is 23.1 Å². The SMILES string of the molecule is CCSc1nnc(NC(=O)CN(c2ccc(F)cc2)S(=O)(=O)c2ccc(OC)c(OC)c2)s1. The number of amides is 1. The lowest BCUT2D eigenvalue weighted by Crippen LogP contribution is -2.38. The van der Waals surface area contributed by atoms with E-state index in [1.165, 1.54) is 67.7 Å². The summed E-state index contributed by atoms with van der Waals surface area (Å²) in [6.07, 6.45) is 0. The van der Waals surface area contributed by atoms with Gasteiger partial charge >= 0.3 is 0 Å². The Labute approximate surface area is 199 Å². The van der Waals surface area contributed by atoms with E-state index in [0.29, 0.717) is 10.1 Å². The highest BCUT2D eigenvalue weighted by atomic mass is 32.2. The molecule has 0 spiro atoms. The minimum atomic E-state index is -4.24. The van der Waals surface area contributed by atoms with E-state index in [1.54, 1.807) is 0 Å². The average molecular weight is 513 g/mol. The summed E-state index contributed by atoms with van der Waals surface area (Å²) >= 11 is 2.66. The third-order valence-corrected chi connectivity index (χ3v) is 7.89. The van der Waals surface area contributed by atoms with Crippen LogP contribution in [0.1, 0.15) is 6.92 Å². The molecule has 3 rings (SSSR count). The molecular weight excluding hydrogens is 491 g/mol. The Morgan fingerprint density at radius 1 is 1.12 bits per heavy atom. The molecule has 9 nitrogen and oxygen atoms in total. The van der Waals surface area contributed by atoms with Crippen molar-refractivity contribution in [3.63, 3.8) is 0 Å². The summed E-state index contributed by atoms with van der Waals surface area (Å²) in [7, 11) is -1.43. The molecule has 0 aliphatic carbocycles. The van der Waals surface area contributed by atoms with Gasteiger partial charge in [0, 0.05) is 6.07 Å². The molecule has 0 fully saturated rings. The lowest BCUT2D eigenvalue weighted by Gasteiger charge is -2.24. The summed E-state index contributed by atoms with van der Waals surface area (Å²) in [6.45, 7) is 1.39. The van der Waals surface area contributed by atoms with Crippen LogP contribution in [0.2, 0.25) is 0 Å². The monoisotopic (exact) mass is 512 g/mol. The number of nitrogens with zero attached hydrogens (tertiary/aromatic N) is 3. The first kappa shape index (κ1) is 24.7. The normalized spacial score (nSPS) is 11.2. The Morgan fingerprint density at radius 3 is 2.45 bits per heavy atom. The minimum absolute atomic E-state index is 0.112. The second-order valence-electron chi connectivity index (χ2n) is 6.36. The van der Waals surface area contributed by atoms with Crippen LogP contribution in [0.25, 0.3) is 0 Å². The molecular formula is C20H21FN4O5S3. The van der Waals surface area contributed by atoms with Crippen molar-refractivity contribution < 1.29 is 27.1 Å². The predicted molar refractivity (Wildman–Crippen MR) is 125 cm³/mol. The van der Waals surface area contributed by atoms with Crippen molar-refractivity contribution in [1.82, 2.24) is 10.2 Å². The first-order valence-corrected chi connectivity index (χ1v) is 12.8. The predicted octanol–water partition coefficient (Wildman–Crippen LogP) is 3.64. The number of ether oxygens (including phenoxy) is 2. The van der Waals surface area contributed by atoms with Gasteiger partial charge in [0.05, 0.1) is 24.8 Å². The Bertz CT molecular complexity index is 1220. The second-order valence-corrected chi connectivity index (χ2v) is 10.7. The number of aromatic nitrogens is 2. The maximum atomic E-state index is 13.5. The summed E-state index contributed by atoms with van der Waals surface area (Å²) in [5.41, 5.74) is 0.112. The van der Waals surface area contributed by atoms with Crippen LogP contribution in [-0.2, 0) is 14.8 Å². The summed E-state index contributed by atoms with van der Waals surface area (Å²) in [4.78, 5) is 12.6. The van der Waals surface area contributed by atoms with E-state index in [2.05, 4.69) is 15.5 Å². The molecule has 1 amide bonds. The van der Waals surface area contributed by atoms with Crippen molar-refractivity contribution >= 4 is 49.8 Å². The largest absolute Gasteiger partial charge is 0.493 e. The maximum absolute atomic E-state index is 13.5. The third kappa shape index (κ3) is 5.92. The summed E-state index contributed by atoms with van der Waals surface area (Å²) in [5, 5.41) is 10.7. The second kappa shape index (κ2) is 10.8. The molecule has 0 aliphatic heterocycles. The molecule has 176 valence electrons. The quantitative estimate of drug-likeness (QED) is 0.324. The van der Waals surface area contributed by atoms with Gasteiger partial charge in [0.1, 0.15) is 12.4 Å². The molecule has 0 atom stereocenters. The zero-order valence-electron chi connectivity index (χ0n) is 17.9. The van der Waals surface area contributed by atoms with Gasteiger partial charge in [0.2, 0.25) is 11.0 Å². The molecule has 0 saturated heterocycles. The van der Waals surface area contributed by atoms with Crippen LogP contribution in [0.15, 0.2) is 51.7 Å². The molecule has 0 bridgehead atoms. The topological polar surface area (TPSA) is 111 Å². The lowest BCUT2D eigenvalue weighted by molar-refractivity contribution is -0.114. The molecule has 0 saturated carbocycles. The van der Waals surface area contributed by atoms with E-state index in [-0.39, 0.29) is 21.5 Å². The Kier molecular flexibility index (Phi) is 8.10. The van der Waals surface area contributed by atoms with Crippen molar-refractivity contribution in [1.29, 1.82) is 0 Å². The fourth-order valence-corrected chi connectivity index (χ4v) is 5.86. The van der Waals surface area contributed by atoms with Gasteiger partial charge in [-0.15, -0.1) is 10.2 Å². The number of hydrogen-bond acceptors (Lipinski definition) is 9. The van der Waals surface area contributed by atoms with Gasteiger partial charge in [-0.25, -0.2) is 12.8 Å². The smallest absolute Gasteiger partial charge is 0.264 e. The Balaban J connectivity index is 1.93. The number of hydrogen-bond donors (Lipinski definition) is 1. The number of carbonyl (C=O) groups excluding carboxylic acids is 1. The van der Waals surface area contributed by atoms with E-state index in [1.807, 2.05) is 6.92 Å². The van der Waals surface area contributed by atoms with Crippen molar-refractivity contribution in [2.45, 2.75) is 16.2 Å². The van der Waals surface area contributed by atoms with Gasteiger partial charge in [0.15, 0.2) is 15.8 Å². The number of sulfonamides is 1. The molecule has 0 radical (unpaired) electrons. The summed E-state index contributed by atoms with van der Waals surface area (Å²) < 4.78 is 52.4. The van der Waals surface area contributed by atoms with E-state index >= 15 is 0 Å². The van der Waals surface area contributed by atoms with Crippen LogP contribution in [0.3, 0.4) is 0 Å². The number of halogens is 1. The van der Waals surface area contributed by atoms with Gasteiger partial charge < -0.3 is 9.47 Å². The van der Waals surface area contributed by atoms with Crippen molar-refractivity contribution in [3.8, 4) is 11.5 Å². The summed E-state index contributed by atoms with van der Waals surface area (Å²) in [5.74, 6) is 0.176. The molecule has 1 N–H and O–H groups in total. The lowest BCUT2D eigenvalue weighted by atomic mass is 10.3. The van der Waals surface area contributed by atoms with Gasteiger partial charge in [0.25, 0.3) is 10.0 Å². The zero-order chi connectivity index (χ0) is 24.0. The van der Waals surface area contributed by atoms with E-state index < -0.39 is 28.3 Å². The van der Waals surface area contributed by atoms with Crippen molar-refractivity contribution in [2.24, 2.45) is 0 Å². The highest BCUT2D eigenvalue weighted by molar-refractivity contribution is 8.01. The van der Waals surface area contributed by atoms with E-state index in [4.69, 9.17) is 9.47 Å². The van der Waals surface area contributed by atoms with Crippen LogP contribution in [0.5, 0.6) is 11.5 Å². The van der Waals surface area contributed by atoms with E-state index in [0.717, 1.165) is 22.2 Å². The first-order chi connectivity index (χ1) is 15.8. The molecule has 0 aliphatic rings. The van der Waals surface area contributed by atoms with Gasteiger partial charge in [-0.1, -0.05) is 30.0 Å². The molecule has 1 aromatic heterocycles. The number of anilines is 2. The first-order valence-electron chi connectivity index (χ1n) is 9.55. The maximum Gasteiger partial charge on any atom is 0.264 e. The fraction of sp³-hybridized carbons (Fsp3) is 0.250. The van der Waals surface area contributed by atoms with Gasteiger partial charge in [-0.3, -0.25) is 14.4 Å². The average Bonchev–Trinajstić information content (AvgIpc) is 3.24. The minimum Gasteiger partial charge on any atom is -0.493 e. The van der Waals surface area contributed by atoms with Crippen molar-refractivity contribution in [2.75, 3.05) is 36.1 Å². The highest BCUT2D eigenvalue weighted by Crippen LogP contribution is 2.32. The number of nitrogens with one attached hydrogen (secondary N) is 1. The standard InChI is InChI=1S/C20H21FN4O5S3/c1-4-31-20-24-23-19(32-20)22-18(26)12-25(14-7-5-13(21)6-8-14)33(27,28)15-9-10-16(29-2)17(11-15)30-3/h5-11H,4,12H2,1-3H3,(H,22,23,26). The number of thioether (sulfide) groups is 1.